The number of hydrogen-bond donors (Lipinski definition) is 2. The molecule has 0 aliphatic carbocycles. The van der Waals surface area contributed by atoms with Gasteiger partial charge in [-0.2, -0.15) is 0 Å². The molecule has 1 amide bonds. The molecule has 0 aromatic heterocycles. The fourth-order valence-corrected chi connectivity index (χ4v) is 2.13. The van der Waals surface area contributed by atoms with Gasteiger partial charge in [0.2, 0.25) is 5.91 Å². The molecule has 0 spiro atoms. The second-order valence-corrected chi connectivity index (χ2v) is 5.74. The van der Waals surface area contributed by atoms with E-state index in [9.17, 15) is 18.0 Å². The molecule has 0 heterocycles. The third kappa shape index (κ3) is 4.93. The fourth-order valence-electron chi connectivity index (χ4n) is 2.00. The summed E-state index contributed by atoms with van der Waals surface area (Å²) in [6.45, 7) is 1.72. The van der Waals surface area contributed by atoms with Crippen LogP contribution in [-0.2, 0) is 11.3 Å². The topological polar surface area (TPSA) is 53.0 Å². The number of nitrogens with one attached hydrogen (secondary N) is 2. The van der Waals surface area contributed by atoms with Crippen LogP contribution in [0.1, 0.15) is 18.1 Å². The molecule has 25 heavy (non-hydrogen) atoms. The minimum absolute atomic E-state index is 0.166. The summed E-state index contributed by atoms with van der Waals surface area (Å²) in [7, 11) is 0. The van der Waals surface area contributed by atoms with Gasteiger partial charge in [0.25, 0.3) is 0 Å². The molecule has 0 aliphatic heterocycles. The lowest BCUT2D eigenvalue weighted by Gasteiger charge is -2.07. The second kappa shape index (κ2) is 7.98. The van der Waals surface area contributed by atoms with E-state index in [4.69, 9.17) is 17.0 Å². The lowest BCUT2D eigenvalue weighted by Crippen LogP contribution is -2.24. The first kappa shape index (κ1) is 18.7. The number of allylic oxidation sites excluding steroid dienone is 1. The molecule has 0 unspecified atom stereocenters. The smallest absolute Gasteiger partial charge is 0.247 e. The van der Waals surface area contributed by atoms with Crippen LogP contribution in [0.4, 0.5) is 13.2 Å². The molecule has 3 nitrogen and oxygen atoms in total. The zero-order chi connectivity index (χ0) is 18.6. The standard InChI is InChI=1S/C18H14ClF3N2O/c1-10(18(25)24-9-11-2-4-13(19)5-3-11)6-16(23)12-7-14(20)17(22)15(21)8-12/h2-8,23H,9H2,1H3,(H,24,25)/b10-6-,23-16?. The molecule has 2 N–H and O–H groups in total. The van der Waals surface area contributed by atoms with Crippen molar-refractivity contribution in [2.75, 3.05) is 0 Å². The Bertz CT molecular complexity index is 825. The van der Waals surface area contributed by atoms with Crippen molar-refractivity contribution in [1.82, 2.24) is 5.32 Å². The number of amides is 1. The van der Waals surface area contributed by atoms with Crippen molar-refractivity contribution < 1.29 is 18.0 Å². The number of halogens is 4. The van der Waals surface area contributed by atoms with Crippen LogP contribution < -0.4 is 5.32 Å². The normalized spacial score (nSPS) is 11.3. The average Bonchev–Trinajstić information content (AvgIpc) is 2.58. The van der Waals surface area contributed by atoms with Gasteiger partial charge in [0.1, 0.15) is 0 Å². The summed E-state index contributed by atoms with van der Waals surface area (Å²) >= 11 is 5.78. The second-order valence-electron chi connectivity index (χ2n) is 5.30. The minimum atomic E-state index is -1.60. The van der Waals surface area contributed by atoms with Crippen LogP contribution in [0.3, 0.4) is 0 Å². The summed E-state index contributed by atoms with van der Waals surface area (Å²) in [6.07, 6.45) is 1.16. The van der Waals surface area contributed by atoms with E-state index in [1.807, 2.05) is 0 Å². The van der Waals surface area contributed by atoms with Crippen molar-refractivity contribution in [2.45, 2.75) is 13.5 Å². The van der Waals surface area contributed by atoms with Crippen LogP contribution in [0.5, 0.6) is 0 Å². The summed E-state index contributed by atoms with van der Waals surface area (Å²) < 4.78 is 39.4. The predicted octanol–water partition coefficient (Wildman–Crippen LogP) is 4.39. The Kier molecular flexibility index (Phi) is 5.98. The summed E-state index contributed by atoms with van der Waals surface area (Å²) in [5.41, 5.74) is 0.533. The molecule has 0 saturated heterocycles. The number of rotatable bonds is 5. The highest BCUT2D eigenvalue weighted by Gasteiger charge is 2.13. The molecule has 0 bridgehead atoms. The van der Waals surface area contributed by atoms with Crippen molar-refractivity contribution >= 4 is 23.2 Å². The third-order valence-electron chi connectivity index (χ3n) is 3.38. The zero-order valence-corrected chi connectivity index (χ0v) is 13.9. The lowest BCUT2D eigenvalue weighted by atomic mass is 10.1. The van der Waals surface area contributed by atoms with E-state index in [0.29, 0.717) is 17.2 Å². The van der Waals surface area contributed by atoms with Crippen molar-refractivity contribution in [3.63, 3.8) is 0 Å². The maximum absolute atomic E-state index is 13.2. The van der Waals surface area contributed by atoms with Gasteiger partial charge in [0.15, 0.2) is 17.5 Å². The van der Waals surface area contributed by atoms with E-state index in [2.05, 4.69) is 5.32 Å². The van der Waals surface area contributed by atoms with Gasteiger partial charge in [-0.25, -0.2) is 13.2 Å². The van der Waals surface area contributed by atoms with Crippen molar-refractivity contribution in [2.24, 2.45) is 0 Å². The summed E-state index contributed by atoms with van der Waals surface area (Å²) in [5.74, 6) is -4.82. The number of carbonyl (C=O) groups excluding carboxylic acids is 1. The van der Waals surface area contributed by atoms with Crippen molar-refractivity contribution in [3.8, 4) is 0 Å². The van der Waals surface area contributed by atoms with Gasteiger partial charge in [0.05, 0.1) is 5.71 Å². The highest BCUT2D eigenvalue weighted by molar-refractivity contribution is 6.30. The third-order valence-corrected chi connectivity index (χ3v) is 3.63. The zero-order valence-electron chi connectivity index (χ0n) is 13.2. The summed E-state index contributed by atoms with van der Waals surface area (Å²) in [5, 5.41) is 11.0. The van der Waals surface area contributed by atoms with Crippen LogP contribution in [0.25, 0.3) is 0 Å². The van der Waals surface area contributed by atoms with Gasteiger partial charge in [-0.15, -0.1) is 0 Å². The molecule has 0 radical (unpaired) electrons. The van der Waals surface area contributed by atoms with Crippen LogP contribution in [-0.4, -0.2) is 11.6 Å². The Hall–Kier alpha value is -2.60. The largest absolute Gasteiger partial charge is 0.348 e. The minimum Gasteiger partial charge on any atom is -0.348 e. The van der Waals surface area contributed by atoms with Crippen LogP contribution in [0, 0.1) is 22.9 Å². The van der Waals surface area contributed by atoms with Gasteiger partial charge in [0, 0.05) is 22.7 Å². The fraction of sp³-hybridized carbons (Fsp3) is 0.111. The highest BCUT2D eigenvalue weighted by atomic mass is 35.5. The molecule has 2 aromatic carbocycles. The SMILES string of the molecule is C/C(=C/C(=N)c1cc(F)c(F)c(F)c1)C(=O)NCc1ccc(Cl)cc1. The van der Waals surface area contributed by atoms with Crippen LogP contribution in [0.15, 0.2) is 48.0 Å². The first-order valence-electron chi connectivity index (χ1n) is 7.22. The van der Waals surface area contributed by atoms with E-state index in [1.54, 1.807) is 24.3 Å². The monoisotopic (exact) mass is 366 g/mol. The first-order valence-corrected chi connectivity index (χ1v) is 7.60. The van der Waals surface area contributed by atoms with Gasteiger partial charge < -0.3 is 10.7 Å². The first-order chi connectivity index (χ1) is 11.8. The van der Waals surface area contributed by atoms with E-state index >= 15 is 0 Å². The molecule has 7 heteroatoms. The quantitative estimate of drug-likeness (QED) is 0.460. The molecule has 130 valence electrons. The molecule has 0 fully saturated rings. The van der Waals surface area contributed by atoms with Gasteiger partial charge in [-0.3, -0.25) is 4.79 Å². The Morgan fingerprint density at radius 2 is 1.72 bits per heavy atom. The van der Waals surface area contributed by atoms with Crippen molar-refractivity contribution in [3.05, 3.63) is 81.6 Å². The van der Waals surface area contributed by atoms with Crippen molar-refractivity contribution in [1.29, 1.82) is 5.41 Å². The number of hydrogen-bond acceptors (Lipinski definition) is 2. The van der Waals surface area contributed by atoms with E-state index < -0.39 is 23.4 Å². The van der Waals surface area contributed by atoms with Gasteiger partial charge >= 0.3 is 0 Å². The molecule has 0 atom stereocenters. The van der Waals surface area contributed by atoms with Crippen LogP contribution in [0.2, 0.25) is 5.02 Å². The van der Waals surface area contributed by atoms with E-state index in [0.717, 1.165) is 11.6 Å². The number of carbonyl (C=O) groups is 1. The predicted molar refractivity (Wildman–Crippen MR) is 90.2 cm³/mol. The number of benzene rings is 2. The molecule has 2 rings (SSSR count). The van der Waals surface area contributed by atoms with Gasteiger partial charge in [-0.05, 0) is 42.8 Å². The summed E-state index contributed by atoms with van der Waals surface area (Å²) in [6, 6.07) is 8.31. The molecule has 0 saturated carbocycles. The Morgan fingerprint density at radius 1 is 1.16 bits per heavy atom. The highest BCUT2D eigenvalue weighted by Crippen LogP contribution is 2.15. The molecular weight excluding hydrogens is 353 g/mol. The maximum atomic E-state index is 13.2. The Balaban J connectivity index is 2.05. The Labute approximate surface area is 147 Å². The molecule has 2 aromatic rings. The lowest BCUT2D eigenvalue weighted by molar-refractivity contribution is -0.117. The van der Waals surface area contributed by atoms with E-state index in [1.165, 1.54) is 6.92 Å². The Morgan fingerprint density at radius 3 is 2.28 bits per heavy atom. The molecule has 0 aliphatic rings. The van der Waals surface area contributed by atoms with Crippen LogP contribution >= 0.6 is 11.6 Å². The summed E-state index contributed by atoms with van der Waals surface area (Å²) in [4.78, 5) is 12.0. The van der Waals surface area contributed by atoms with E-state index in [-0.39, 0.29) is 23.4 Å². The molecular formula is C18H14ClF3N2O. The van der Waals surface area contributed by atoms with Gasteiger partial charge in [-0.1, -0.05) is 23.7 Å². The maximum Gasteiger partial charge on any atom is 0.247 e. The average molecular weight is 367 g/mol.